The van der Waals surface area contributed by atoms with Crippen molar-refractivity contribution in [2.75, 3.05) is 16.9 Å². The highest BCUT2D eigenvalue weighted by Gasteiger charge is 2.41. The van der Waals surface area contributed by atoms with Crippen LogP contribution in [0, 0.1) is 0 Å². The van der Waals surface area contributed by atoms with Crippen molar-refractivity contribution in [3.63, 3.8) is 0 Å². The first-order chi connectivity index (χ1) is 10.9. The molecule has 2 fully saturated rings. The molecule has 3 aliphatic rings. The highest BCUT2D eigenvalue weighted by atomic mass is 32.2. The minimum Gasteiger partial charge on any atom is -0.366 e. The number of thioether (sulfide) groups is 1. The third kappa shape index (κ3) is 2.91. The number of fused-ring (bicyclic) bond motifs is 1. The molecule has 2 aliphatic heterocycles. The molecule has 0 amide bonds. The third-order valence-electron chi connectivity index (χ3n) is 4.44. The van der Waals surface area contributed by atoms with Gasteiger partial charge in [0.05, 0.1) is 28.3 Å². The molecule has 7 nitrogen and oxygen atoms in total. The Kier molecular flexibility index (Phi) is 3.54. The molecule has 0 spiro atoms. The Bertz CT molecular complexity index is 735. The van der Waals surface area contributed by atoms with Crippen molar-refractivity contribution >= 4 is 33.2 Å². The topological polar surface area (TPSA) is 85.5 Å². The maximum atomic E-state index is 12.6. The summed E-state index contributed by atoms with van der Waals surface area (Å²) in [7, 11) is -3.48. The van der Waals surface area contributed by atoms with Crippen molar-refractivity contribution < 1.29 is 8.42 Å². The van der Waals surface area contributed by atoms with Gasteiger partial charge in [0.1, 0.15) is 5.50 Å². The Balaban J connectivity index is 1.62. The summed E-state index contributed by atoms with van der Waals surface area (Å²) in [6.07, 6.45) is 1.80. The molecular formula is C14H21N5O2S2. The van der Waals surface area contributed by atoms with E-state index in [9.17, 15) is 8.42 Å². The van der Waals surface area contributed by atoms with Gasteiger partial charge in [-0.05, 0) is 44.9 Å². The van der Waals surface area contributed by atoms with Crippen LogP contribution in [0.2, 0.25) is 0 Å². The smallest absolute Gasteiger partial charge is 0.241 e. The monoisotopic (exact) mass is 355 g/mol. The lowest BCUT2D eigenvalue weighted by atomic mass is 10.3. The summed E-state index contributed by atoms with van der Waals surface area (Å²) in [5, 5.41) is 3.62. The van der Waals surface area contributed by atoms with Crippen LogP contribution in [0.3, 0.4) is 0 Å². The van der Waals surface area contributed by atoms with Crippen LogP contribution < -0.4 is 25.8 Å². The molecule has 9 heteroatoms. The van der Waals surface area contributed by atoms with Gasteiger partial charge in [0.2, 0.25) is 10.0 Å². The lowest BCUT2D eigenvalue weighted by Gasteiger charge is -2.24. The largest absolute Gasteiger partial charge is 0.366 e. The number of benzene rings is 1. The van der Waals surface area contributed by atoms with Crippen LogP contribution in [0.15, 0.2) is 23.1 Å². The van der Waals surface area contributed by atoms with E-state index in [1.807, 2.05) is 13.0 Å². The van der Waals surface area contributed by atoms with Gasteiger partial charge >= 0.3 is 0 Å². The Morgan fingerprint density at radius 3 is 2.78 bits per heavy atom. The van der Waals surface area contributed by atoms with Gasteiger partial charge in [0, 0.05) is 5.54 Å². The first kappa shape index (κ1) is 15.5. The second kappa shape index (κ2) is 5.25. The van der Waals surface area contributed by atoms with Crippen LogP contribution >= 0.6 is 11.8 Å². The van der Waals surface area contributed by atoms with E-state index in [0.717, 1.165) is 24.2 Å². The van der Waals surface area contributed by atoms with Gasteiger partial charge in [0.15, 0.2) is 0 Å². The number of rotatable bonds is 4. The summed E-state index contributed by atoms with van der Waals surface area (Å²) in [6, 6.07) is 5.27. The van der Waals surface area contributed by atoms with Crippen LogP contribution in [-0.4, -0.2) is 31.5 Å². The van der Waals surface area contributed by atoms with E-state index in [2.05, 4.69) is 32.7 Å². The molecule has 0 radical (unpaired) electrons. The van der Waals surface area contributed by atoms with Gasteiger partial charge in [-0.25, -0.2) is 24.0 Å². The fourth-order valence-electron chi connectivity index (χ4n) is 2.80. The predicted octanol–water partition coefficient (Wildman–Crippen LogP) is 1.18. The van der Waals surface area contributed by atoms with E-state index in [1.54, 1.807) is 23.9 Å². The molecule has 2 atom stereocenters. The van der Waals surface area contributed by atoms with Crippen molar-refractivity contribution in [3.8, 4) is 0 Å². The van der Waals surface area contributed by atoms with Crippen LogP contribution in [0.5, 0.6) is 0 Å². The Hall–Kier alpha value is -1.00. The molecular weight excluding hydrogens is 334 g/mol. The standard InChI is InChI=1S/C14H21N5O2S2/c1-9-16-17-13(22-9)19-8-15-11-4-3-10(7-12(11)19)23(20,21)18-14(2)5-6-14/h3-4,7,9,13,15-18H,5-6,8H2,1-2H3. The van der Waals surface area contributed by atoms with Gasteiger partial charge in [0.25, 0.3) is 0 Å². The van der Waals surface area contributed by atoms with E-state index in [1.165, 1.54) is 0 Å². The summed E-state index contributed by atoms with van der Waals surface area (Å²) < 4.78 is 28.0. The lowest BCUT2D eigenvalue weighted by molar-refractivity contribution is 0.539. The molecule has 1 saturated heterocycles. The van der Waals surface area contributed by atoms with E-state index in [0.29, 0.717) is 16.9 Å². The first-order valence-corrected chi connectivity index (χ1v) is 10.1. The van der Waals surface area contributed by atoms with Gasteiger partial charge < -0.3 is 10.2 Å². The highest BCUT2D eigenvalue weighted by molar-refractivity contribution is 8.00. The number of anilines is 2. The zero-order valence-electron chi connectivity index (χ0n) is 13.1. The van der Waals surface area contributed by atoms with Crippen molar-refractivity contribution in [2.24, 2.45) is 0 Å². The first-order valence-electron chi connectivity index (χ1n) is 7.71. The second-order valence-corrected chi connectivity index (χ2v) is 9.68. The van der Waals surface area contributed by atoms with Crippen LogP contribution in [0.4, 0.5) is 11.4 Å². The molecule has 2 unspecified atom stereocenters. The average Bonchev–Trinajstić information content (AvgIpc) is 2.89. The number of nitrogens with zero attached hydrogens (tertiary/aromatic N) is 1. The Morgan fingerprint density at radius 1 is 1.35 bits per heavy atom. The number of sulfonamides is 1. The molecule has 126 valence electrons. The van der Waals surface area contributed by atoms with Crippen LogP contribution in [0.1, 0.15) is 26.7 Å². The highest BCUT2D eigenvalue weighted by Crippen LogP contribution is 2.39. The number of hydrogen-bond donors (Lipinski definition) is 4. The quantitative estimate of drug-likeness (QED) is 0.645. The van der Waals surface area contributed by atoms with E-state index in [-0.39, 0.29) is 11.0 Å². The zero-order chi connectivity index (χ0) is 16.2. The van der Waals surface area contributed by atoms with Crippen molar-refractivity contribution in [2.45, 2.75) is 48.0 Å². The fraction of sp³-hybridized carbons (Fsp3) is 0.571. The Labute approximate surface area is 140 Å². The summed E-state index contributed by atoms with van der Waals surface area (Å²) in [5.41, 5.74) is 8.09. The van der Waals surface area contributed by atoms with E-state index >= 15 is 0 Å². The number of nitrogens with one attached hydrogen (secondary N) is 4. The summed E-state index contributed by atoms with van der Waals surface area (Å²) in [4.78, 5) is 2.45. The third-order valence-corrected chi connectivity index (χ3v) is 7.23. The molecule has 4 rings (SSSR count). The molecule has 1 aliphatic carbocycles. The average molecular weight is 355 g/mol. The normalized spacial score (nSPS) is 28.5. The molecule has 1 aromatic rings. The number of hydrogen-bond acceptors (Lipinski definition) is 7. The van der Waals surface area contributed by atoms with Gasteiger partial charge in [-0.2, -0.15) is 0 Å². The molecule has 0 bridgehead atoms. The number of hydrazine groups is 1. The summed E-state index contributed by atoms with van der Waals surface area (Å²) >= 11 is 1.76. The van der Waals surface area contributed by atoms with Crippen LogP contribution in [0.25, 0.3) is 0 Å². The second-order valence-electron chi connectivity index (χ2n) is 6.57. The SMILES string of the molecule is CC1NNC(N2CNc3ccc(S(=O)(=O)NC4(C)CC4)cc32)S1. The molecule has 23 heavy (non-hydrogen) atoms. The van der Waals surface area contributed by atoms with E-state index in [4.69, 9.17) is 0 Å². The minimum atomic E-state index is -3.48. The molecule has 1 saturated carbocycles. The maximum absolute atomic E-state index is 12.6. The zero-order valence-corrected chi connectivity index (χ0v) is 14.7. The molecule has 0 aromatic heterocycles. The molecule has 1 aromatic carbocycles. The fourth-order valence-corrected chi connectivity index (χ4v) is 5.28. The predicted molar refractivity (Wildman–Crippen MR) is 92.5 cm³/mol. The molecule has 4 N–H and O–H groups in total. The van der Waals surface area contributed by atoms with Crippen molar-refractivity contribution in [1.29, 1.82) is 0 Å². The maximum Gasteiger partial charge on any atom is 0.241 e. The summed E-state index contributed by atoms with van der Waals surface area (Å²) in [6.45, 7) is 4.68. The lowest BCUT2D eigenvalue weighted by Crippen LogP contribution is -2.43. The molecule has 2 heterocycles. The van der Waals surface area contributed by atoms with E-state index < -0.39 is 10.0 Å². The Morgan fingerprint density at radius 2 is 2.13 bits per heavy atom. The van der Waals surface area contributed by atoms with Crippen molar-refractivity contribution in [1.82, 2.24) is 15.6 Å². The van der Waals surface area contributed by atoms with Gasteiger partial charge in [-0.15, -0.1) is 11.8 Å². The summed E-state index contributed by atoms with van der Waals surface area (Å²) in [5.74, 6) is 0. The van der Waals surface area contributed by atoms with Crippen molar-refractivity contribution in [3.05, 3.63) is 18.2 Å². The van der Waals surface area contributed by atoms with Crippen LogP contribution in [-0.2, 0) is 10.0 Å². The minimum absolute atomic E-state index is 0.0746. The van der Waals surface area contributed by atoms with Gasteiger partial charge in [-0.1, -0.05) is 0 Å². The van der Waals surface area contributed by atoms with Gasteiger partial charge in [-0.3, -0.25) is 0 Å².